The summed E-state index contributed by atoms with van der Waals surface area (Å²) < 4.78 is 0.872. The highest BCUT2D eigenvalue weighted by Crippen LogP contribution is 2.23. The number of thiophene rings is 1. The third-order valence-electron chi connectivity index (χ3n) is 2.15. The first-order valence-electron chi connectivity index (χ1n) is 5.02. The molecule has 1 heterocycles. The highest BCUT2D eigenvalue weighted by molar-refractivity contribution is 9.10. The minimum Gasteiger partial charge on any atom is -0.346 e. The summed E-state index contributed by atoms with van der Waals surface area (Å²) in [7, 11) is 0. The number of hydrogen-bond donors (Lipinski definition) is 1. The van der Waals surface area contributed by atoms with Crippen LogP contribution in [0, 0.1) is 0 Å². The minimum atomic E-state index is -0.130. The summed E-state index contributed by atoms with van der Waals surface area (Å²) >= 11 is 4.82. The van der Waals surface area contributed by atoms with Crippen molar-refractivity contribution in [3.05, 3.63) is 20.8 Å². The van der Waals surface area contributed by atoms with Crippen molar-refractivity contribution in [1.29, 1.82) is 0 Å². The van der Waals surface area contributed by atoms with Crippen molar-refractivity contribution in [3.8, 4) is 0 Å². The fourth-order valence-electron chi connectivity index (χ4n) is 1.51. The Balaban J connectivity index is 2.68. The maximum atomic E-state index is 11.9. The van der Waals surface area contributed by atoms with E-state index >= 15 is 0 Å². The molecule has 1 N–H and O–H groups in total. The predicted octanol–water partition coefficient (Wildman–Crippen LogP) is 3.82. The Bertz CT molecular complexity index is 346. The van der Waals surface area contributed by atoms with Gasteiger partial charge in [0.15, 0.2) is 0 Å². The monoisotopic (exact) mass is 289 g/mol. The number of carbonyl (C=O) groups is 1. The molecule has 1 rings (SSSR count). The lowest BCUT2D eigenvalue weighted by molar-refractivity contribution is 0.0912. The molecule has 15 heavy (non-hydrogen) atoms. The van der Waals surface area contributed by atoms with Gasteiger partial charge in [0.05, 0.1) is 0 Å². The fourth-order valence-corrected chi connectivity index (χ4v) is 2.95. The second kappa shape index (κ2) is 5.12. The van der Waals surface area contributed by atoms with Crippen LogP contribution in [0.2, 0.25) is 0 Å². The third kappa shape index (κ3) is 3.61. The van der Waals surface area contributed by atoms with Crippen LogP contribution in [0.4, 0.5) is 0 Å². The summed E-state index contributed by atoms with van der Waals surface area (Å²) in [6, 6.07) is 1.90. The molecule has 0 bridgehead atoms. The Labute approximate surface area is 103 Å². The van der Waals surface area contributed by atoms with Gasteiger partial charge in [-0.2, -0.15) is 0 Å². The van der Waals surface area contributed by atoms with Gasteiger partial charge in [-0.1, -0.05) is 13.3 Å². The second-order valence-electron chi connectivity index (χ2n) is 4.19. The minimum absolute atomic E-state index is 0.00956. The molecule has 1 aromatic heterocycles. The van der Waals surface area contributed by atoms with E-state index in [1.165, 1.54) is 11.3 Å². The summed E-state index contributed by atoms with van der Waals surface area (Å²) in [5, 5.41) is 4.95. The molecule has 2 nitrogen and oxygen atoms in total. The molecule has 0 atom stereocenters. The van der Waals surface area contributed by atoms with Crippen molar-refractivity contribution in [2.45, 2.75) is 39.2 Å². The molecule has 0 unspecified atom stereocenters. The lowest BCUT2D eigenvalue weighted by Crippen LogP contribution is -2.43. The van der Waals surface area contributed by atoms with Crippen LogP contribution in [0.3, 0.4) is 0 Å². The fraction of sp³-hybridized carbons (Fsp3) is 0.545. The molecule has 0 aliphatic rings. The normalized spacial score (nSPS) is 11.5. The Kier molecular flexibility index (Phi) is 4.34. The van der Waals surface area contributed by atoms with Crippen LogP contribution < -0.4 is 5.32 Å². The quantitative estimate of drug-likeness (QED) is 0.897. The molecule has 0 saturated carbocycles. The van der Waals surface area contributed by atoms with Gasteiger partial charge in [0.2, 0.25) is 0 Å². The van der Waals surface area contributed by atoms with Crippen LogP contribution in [0.5, 0.6) is 0 Å². The van der Waals surface area contributed by atoms with E-state index in [4.69, 9.17) is 0 Å². The van der Waals surface area contributed by atoms with Crippen LogP contribution in [0.25, 0.3) is 0 Å². The number of rotatable bonds is 4. The maximum absolute atomic E-state index is 11.9. The molecule has 1 amide bonds. The molecule has 0 saturated heterocycles. The van der Waals surface area contributed by atoms with Gasteiger partial charge in [-0.05, 0) is 47.6 Å². The molecule has 0 spiro atoms. The van der Waals surface area contributed by atoms with Gasteiger partial charge in [0.1, 0.15) is 4.88 Å². The first-order chi connectivity index (χ1) is 6.96. The van der Waals surface area contributed by atoms with Gasteiger partial charge in [0, 0.05) is 10.0 Å². The molecule has 4 heteroatoms. The van der Waals surface area contributed by atoms with E-state index in [0.717, 1.165) is 22.2 Å². The smallest absolute Gasteiger partial charge is 0.262 e. The first-order valence-corrected chi connectivity index (χ1v) is 6.69. The lowest BCUT2D eigenvalue weighted by Gasteiger charge is -2.25. The molecule has 0 aliphatic carbocycles. The maximum Gasteiger partial charge on any atom is 0.262 e. The molecule has 0 fully saturated rings. The predicted molar refractivity (Wildman–Crippen MR) is 68.5 cm³/mol. The molecule has 0 aromatic carbocycles. The van der Waals surface area contributed by atoms with Gasteiger partial charge >= 0.3 is 0 Å². The van der Waals surface area contributed by atoms with Gasteiger partial charge in [-0.25, -0.2) is 0 Å². The van der Waals surface area contributed by atoms with Crippen molar-refractivity contribution in [2.75, 3.05) is 0 Å². The van der Waals surface area contributed by atoms with E-state index in [-0.39, 0.29) is 11.4 Å². The molecule has 0 radical (unpaired) electrons. The van der Waals surface area contributed by atoms with Gasteiger partial charge in [-0.3, -0.25) is 4.79 Å². The first kappa shape index (κ1) is 12.7. The number of carbonyl (C=O) groups excluding carboxylic acids is 1. The van der Waals surface area contributed by atoms with Crippen LogP contribution in [-0.4, -0.2) is 11.4 Å². The summed E-state index contributed by atoms with van der Waals surface area (Å²) in [5.74, 6) is 0.00956. The second-order valence-corrected chi connectivity index (χ2v) is 5.96. The van der Waals surface area contributed by atoms with Crippen LogP contribution >= 0.6 is 27.3 Å². The number of nitrogens with one attached hydrogen (secondary N) is 1. The van der Waals surface area contributed by atoms with Crippen LogP contribution in [0.1, 0.15) is 43.3 Å². The van der Waals surface area contributed by atoms with Crippen molar-refractivity contribution in [1.82, 2.24) is 5.32 Å². The van der Waals surface area contributed by atoms with Crippen LogP contribution in [-0.2, 0) is 0 Å². The molecular formula is C11H16BrNOS. The Morgan fingerprint density at radius 2 is 2.27 bits per heavy atom. The van der Waals surface area contributed by atoms with Crippen molar-refractivity contribution >= 4 is 33.2 Å². The molecule has 0 aliphatic heterocycles. The third-order valence-corrected chi connectivity index (χ3v) is 3.99. The van der Waals surface area contributed by atoms with Crippen molar-refractivity contribution in [2.24, 2.45) is 0 Å². The van der Waals surface area contributed by atoms with E-state index in [0.29, 0.717) is 0 Å². The average molecular weight is 290 g/mol. The van der Waals surface area contributed by atoms with Gasteiger partial charge in [-0.15, -0.1) is 11.3 Å². The summed E-state index contributed by atoms with van der Waals surface area (Å²) in [4.78, 5) is 12.6. The van der Waals surface area contributed by atoms with Crippen molar-refractivity contribution in [3.63, 3.8) is 0 Å². The Morgan fingerprint density at radius 3 is 2.73 bits per heavy atom. The van der Waals surface area contributed by atoms with E-state index in [1.807, 2.05) is 11.4 Å². The Morgan fingerprint density at radius 1 is 1.60 bits per heavy atom. The number of halogens is 1. The summed E-state index contributed by atoms with van der Waals surface area (Å²) in [5.41, 5.74) is -0.130. The zero-order valence-electron chi connectivity index (χ0n) is 9.26. The topological polar surface area (TPSA) is 29.1 Å². The number of hydrogen-bond acceptors (Lipinski definition) is 2. The largest absolute Gasteiger partial charge is 0.346 e. The van der Waals surface area contributed by atoms with Crippen molar-refractivity contribution < 1.29 is 4.79 Å². The number of amides is 1. The summed E-state index contributed by atoms with van der Waals surface area (Å²) in [6.45, 7) is 6.22. The average Bonchev–Trinajstić information content (AvgIpc) is 2.50. The standard InChI is InChI=1S/C11H16BrNOS/c1-4-6-11(2,3)13-10(14)9-8(12)5-7-15-9/h5,7H,4,6H2,1-3H3,(H,13,14). The Hall–Kier alpha value is -0.350. The zero-order chi connectivity index (χ0) is 11.5. The zero-order valence-corrected chi connectivity index (χ0v) is 11.7. The lowest BCUT2D eigenvalue weighted by atomic mass is 9.99. The molecule has 1 aromatic rings. The summed E-state index contributed by atoms with van der Waals surface area (Å²) in [6.07, 6.45) is 2.06. The highest BCUT2D eigenvalue weighted by atomic mass is 79.9. The van der Waals surface area contributed by atoms with E-state index in [9.17, 15) is 4.79 Å². The molecule has 84 valence electrons. The SMILES string of the molecule is CCCC(C)(C)NC(=O)c1sccc1Br. The van der Waals surface area contributed by atoms with E-state index in [2.05, 4.69) is 42.0 Å². The van der Waals surface area contributed by atoms with Crippen LogP contribution in [0.15, 0.2) is 15.9 Å². The van der Waals surface area contributed by atoms with E-state index < -0.39 is 0 Å². The molecular weight excluding hydrogens is 274 g/mol. The van der Waals surface area contributed by atoms with Gasteiger partial charge in [0.25, 0.3) is 5.91 Å². The highest BCUT2D eigenvalue weighted by Gasteiger charge is 2.21. The van der Waals surface area contributed by atoms with E-state index in [1.54, 1.807) is 0 Å². The van der Waals surface area contributed by atoms with Gasteiger partial charge < -0.3 is 5.32 Å².